The van der Waals surface area contributed by atoms with Crippen molar-refractivity contribution >= 4 is 136 Å². The molecule has 0 N–H and O–H groups in total. The topological polar surface area (TPSA) is 24.0 Å². The summed E-state index contributed by atoms with van der Waals surface area (Å²) in [6.07, 6.45) is 0. The fraction of sp³-hybridized carbons (Fsp3) is 0.147. The SMILES string of the molecule is CC(C)(C)c1cccc(N(c2ccc3c(c2)C(C)(C)c2c-3c3cc(-c4ccccc4)cc4c5c6ccc(N(c7cccc(C(C)(C)C)c7)c7cccc8c7sc7ccccc78)cc6oc5n2c34)c2cccc3c2sc2ccccc23)c1. The van der Waals surface area contributed by atoms with E-state index in [2.05, 4.69) is 282 Å². The molecule has 0 unspecified atom stereocenters. The van der Waals surface area contributed by atoms with Gasteiger partial charge in [-0.2, -0.15) is 0 Å². The molecule has 6 heteroatoms. The molecule has 0 saturated heterocycles. The van der Waals surface area contributed by atoms with Crippen molar-refractivity contribution < 1.29 is 4.42 Å². The smallest absolute Gasteiger partial charge is 0.213 e. The van der Waals surface area contributed by atoms with Crippen LogP contribution in [-0.2, 0) is 16.2 Å². The zero-order chi connectivity index (χ0) is 54.8. The van der Waals surface area contributed by atoms with E-state index in [1.807, 2.05) is 22.7 Å². The number of rotatable bonds is 7. The third-order valence-electron chi connectivity index (χ3n) is 17.5. The summed E-state index contributed by atoms with van der Waals surface area (Å²) >= 11 is 3.75. The predicted octanol–water partition coefficient (Wildman–Crippen LogP) is 22.7. The lowest BCUT2D eigenvalue weighted by molar-refractivity contribution is 0.590. The third-order valence-corrected chi connectivity index (χ3v) is 20.0. The molecule has 1 aliphatic carbocycles. The molecule has 0 radical (unpaired) electrons. The molecule has 81 heavy (non-hydrogen) atoms. The highest BCUT2D eigenvalue weighted by Crippen LogP contribution is 2.58. The molecule has 0 fully saturated rings. The molecule has 10 aromatic carbocycles. The summed E-state index contributed by atoms with van der Waals surface area (Å²) in [5.74, 6) is 0. The van der Waals surface area contributed by atoms with Crippen molar-refractivity contribution in [1.82, 2.24) is 4.40 Å². The summed E-state index contributed by atoms with van der Waals surface area (Å²) in [6, 6.07) is 79.5. The molecule has 392 valence electrons. The second-order valence-electron chi connectivity index (χ2n) is 24.9. The number of aromatic nitrogens is 1. The summed E-state index contributed by atoms with van der Waals surface area (Å²) in [5.41, 5.74) is 19.4. The molecular formula is C75H59N3OS2. The zero-order valence-electron chi connectivity index (χ0n) is 46.8. The highest BCUT2D eigenvalue weighted by Gasteiger charge is 2.43. The van der Waals surface area contributed by atoms with Crippen LogP contribution in [-0.4, -0.2) is 4.40 Å². The van der Waals surface area contributed by atoms with Gasteiger partial charge >= 0.3 is 0 Å². The molecule has 0 aliphatic heterocycles. The van der Waals surface area contributed by atoms with Crippen molar-refractivity contribution in [1.29, 1.82) is 0 Å². The van der Waals surface area contributed by atoms with Crippen molar-refractivity contribution in [3.05, 3.63) is 235 Å². The molecule has 5 aromatic heterocycles. The van der Waals surface area contributed by atoms with Crippen LogP contribution in [0, 0.1) is 0 Å². The minimum Gasteiger partial charge on any atom is -0.439 e. The van der Waals surface area contributed by atoms with Crippen molar-refractivity contribution in [2.24, 2.45) is 0 Å². The van der Waals surface area contributed by atoms with Crippen molar-refractivity contribution in [3.8, 4) is 22.3 Å². The van der Waals surface area contributed by atoms with E-state index in [1.165, 1.54) is 107 Å². The standard InChI is InChI=1S/C75H59N3OS2/c1-73(2,3)46-22-16-24-48(40-46)76(61-30-18-28-54-52-26-12-14-32-64(52)80-69(54)61)50-34-36-56-60(42-50)75(7,8)71-66(56)58-38-45(44-20-10-9-11-21-44)39-59-67-57-37-35-51(43-63(57)79-72(67)78(71)68(58)59)77(49-25-17-23-47(41-49)74(4,5)6)62-31-19-29-55-53-27-13-15-33-65(53)81-70(55)62/h9-43H,1-8H3. The molecule has 15 aromatic rings. The van der Waals surface area contributed by atoms with Gasteiger partial charge < -0.3 is 14.2 Å². The van der Waals surface area contributed by atoms with E-state index in [-0.39, 0.29) is 10.8 Å². The van der Waals surface area contributed by atoms with Crippen LogP contribution in [0.3, 0.4) is 0 Å². The first-order valence-corrected chi connectivity index (χ1v) is 29.9. The van der Waals surface area contributed by atoms with Gasteiger partial charge in [-0.1, -0.05) is 177 Å². The van der Waals surface area contributed by atoms with Crippen LogP contribution in [0.25, 0.3) is 101 Å². The second-order valence-corrected chi connectivity index (χ2v) is 27.0. The molecule has 0 spiro atoms. The Morgan fingerprint density at radius 1 is 0.432 bits per heavy atom. The number of furan rings is 1. The van der Waals surface area contributed by atoms with E-state index in [4.69, 9.17) is 4.42 Å². The lowest BCUT2D eigenvalue weighted by Gasteiger charge is -2.30. The molecular weight excluding hydrogens is 1020 g/mol. The van der Waals surface area contributed by atoms with E-state index < -0.39 is 5.41 Å². The lowest BCUT2D eigenvalue weighted by atomic mass is 9.85. The van der Waals surface area contributed by atoms with Gasteiger partial charge in [-0.15, -0.1) is 22.7 Å². The van der Waals surface area contributed by atoms with Gasteiger partial charge in [0.25, 0.3) is 0 Å². The van der Waals surface area contributed by atoms with Crippen LogP contribution in [0.2, 0.25) is 0 Å². The maximum Gasteiger partial charge on any atom is 0.213 e. The first-order valence-electron chi connectivity index (χ1n) is 28.3. The van der Waals surface area contributed by atoms with Crippen molar-refractivity contribution in [2.75, 3.05) is 9.80 Å². The van der Waals surface area contributed by atoms with Crippen LogP contribution in [0.1, 0.15) is 77.8 Å². The molecule has 0 amide bonds. The van der Waals surface area contributed by atoms with Crippen LogP contribution in [0.15, 0.2) is 217 Å². The van der Waals surface area contributed by atoms with E-state index >= 15 is 0 Å². The minimum atomic E-state index is -0.421. The Morgan fingerprint density at radius 2 is 0.951 bits per heavy atom. The van der Waals surface area contributed by atoms with Crippen molar-refractivity contribution in [3.63, 3.8) is 0 Å². The maximum absolute atomic E-state index is 7.49. The first-order chi connectivity index (χ1) is 39.2. The molecule has 1 aliphatic rings. The maximum atomic E-state index is 7.49. The van der Waals surface area contributed by atoms with Gasteiger partial charge in [0, 0.05) is 92.6 Å². The van der Waals surface area contributed by atoms with E-state index in [0.29, 0.717) is 0 Å². The van der Waals surface area contributed by atoms with Gasteiger partial charge in [-0.05, 0) is 129 Å². The number of anilines is 6. The summed E-state index contributed by atoms with van der Waals surface area (Å²) in [6.45, 7) is 18.7. The number of thiophene rings is 2. The molecule has 0 atom stereocenters. The minimum absolute atomic E-state index is 0.0284. The fourth-order valence-corrected chi connectivity index (χ4v) is 15.9. The van der Waals surface area contributed by atoms with Crippen LogP contribution in [0.5, 0.6) is 0 Å². The van der Waals surface area contributed by atoms with Crippen LogP contribution >= 0.6 is 22.7 Å². The quantitative estimate of drug-likeness (QED) is 0.159. The molecule has 16 rings (SSSR count). The Hall–Kier alpha value is -8.68. The molecule has 4 nitrogen and oxygen atoms in total. The number of nitrogens with zero attached hydrogens (tertiary/aromatic N) is 3. The first kappa shape index (κ1) is 48.2. The van der Waals surface area contributed by atoms with Crippen molar-refractivity contribution in [2.45, 2.75) is 71.6 Å². The molecule has 0 saturated carbocycles. The Bertz CT molecular complexity index is 5070. The summed E-state index contributed by atoms with van der Waals surface area (Å²) in [4.78, 5) is 4.97. The van der Waals surface area contributed by atoms with E-state index in [0.717, 1.165) is 50.5 Å². The van der Waals surface area contributed by atoms with Gasteiger partial charge in [-0.25, -0.2) is 0 Å². The van der Waals surface area contributed by atoms with Crippen LogP contribution in [0.4, 0.5) is 34.1 Å². The second kappa shape index (κ2) is 17.2. The number of hydrogen-bond donors (Lipinski definition) is 0. The summed E-state index contributed by atoms with van der Waals surface area (Å²) in [7, 11) is 0. The Balaban J connectivity index is 0.922. The lowest BCUT2D eigenvalue weighted by Crippen LogP contribution is -2.19. The number of hydrogen-bond acceptors (Lipinski definition) is 5. The normalized spacial score (nSPS) is 13.5. The van der Waals surface area contributed by atoms with E-state index in [1.54, 1.807) is 0 Å². The highest BCUT2D eigenvalue weighted by molar-refractivity contribution is 7.26. The van der Waals surface area contributed by atoms with Crippen LogP contribution < -0.4 is 9.80 Å². The van der Waals surface area contributed by atoms with Gasteiger partial charge in [-0.3, -0.25) is 4.40 Å². The van der Waals surface area contributed by atoms with E-state index in [9.17, 15) is 0 Å². The summed E-state index contributed by atoms with van der Waals surface area (Å²) < 4.78 is 15.1. The predicted molar refractivity (Wildman–Crippen MR) is 349 cm³/mol. The van der Waals surface area contributed by atoms with Gasteiger partial charge in [0.15, 0.2) is 0 Å². The average Bonchev–Trinajstić information content (AvgIpc) is 4.51. The Labute approximate surface area is 479 Å². The molecule has 5 heterocycles. The van der Waals surface area contributed by atoms with Gasteiger partial charge in [0.05, 0.1) is 31.7 Å². The summed E-state index contributed by atoms with van der Waals surface area (Å²) in [5, 5.41) is 9.86. The van der Waals surface area contributed by atoms with Gasteiger partial charge in [0.2, 0.25) is 5.71 Å². The Morgan fingerprint density at radius 3 is 1.56 bits per heavy atom. The molecule has 0 bridgehead atoms. The van der Waals surface area contributed by atoms with Gasteiger partial charge in [0.1, 0.15) is 5.58 Å². The fourth-order valence-electron chi connectivity index (χ4n) is 13.5. The Kier molecular flexibility index (Phi) is 10.2. The third kappa shape index (κ3) is 7.12. The number of fused-ring (bicyclic) bond motifs is 16. The highest BCUT2D eigenvalue weighted by atomic mass is 32.1. The monoisotopic (exact) mass is 1080 g/mol. The number of benzene rings is 10. The average molecular weight is 1080 g/mol. The largest absolute Gasteiger partial charge is 0.439 e. The zero-order valence-corrected chi connectivity index (χ0v) is 48.4.